The van der Waals surface area contributed by atoms with Crippen LogP contribution in [0.1, 0.15) is 39.7 Å². The average Bonchev–Trinajstić information content (AvgIpc) is 2.71. The minimum atomic E-state index is 0.154. The first-order valence-electron chi connectivity index (χ1n) is 9.24. The number of benzene rings is 3. The number of aromatic hydroxyl groups is 1. The van der Waals surface area contributed by atoms with Gasteiger partial charge in [0, 0.05) is 23.0 Å². The number of ether oxygens (including phenoxy) is 2. The van der Waals surface area contributed by atoms with E-state index in [1.807, 2.05) is 25.1 Å². The maximum Gasteiger partial charge on any atom is 0.129 e. The van der Waals surface area contributed by atoms with E-state index in [4.69, 9.17) is 9.47 Å². The standard InChI is InChI=1S/C24H24O3/c1-15-4-6-17(7-5-15)21-14-27-24-16(2)22(25)13-12-20(24)23(21)18-8-10-19(26-3)11-9-18/h4-13,21,23,25H,14H2,1-3H3. The van der Waals surface area contributed by atoms with Crippen molar-refractivity contribution < 1.29 is 14.6 Å². The van der Waals surface area contributed by atoms with Crippen molar-refractivity contribution in [3.63, 3.8) is 0 Å². The van der Waals surface area contributed by atoms with Gasteiger partial charge >= 0.3 is 0 Å². The summed E-state index contributed by atoms with van der Waals surface area (Å²) < 4.78 is 11.5. The van der Waals surface area contributed by atoms with Crippen LogP contribution in [0.5, 0.6) is 17.2 Å². The summed E-state index contributed by atoms with van der Waals surface area (Å²) >= 11 is 0. The molecule has 138 valence electrons. The molecule has 1 N–H and O–H groups in total. The Bertz CT molecular complexity index is 943. The van der Waals surface area contributed by atoms with Gasteiger partial charge in [0.05, 0.1) is 13.7 Å². The lowest BCUT2D eigenvalue weighted by Crippen LogP contribution is -2.25. The molecule has 0 radical (unpaired) electrons. The highest BCUT2D eigenvalue weighted by Gasteiger charge is 2.34. The Morgan fingerprint density at radius 1 is 0.889 bits per heavy atom. The number of fused-ring (bicyclic) bond motifs is 1. The van der Waals surface area contributed by atoms with Crippen molar-refractivity contribution in [1.82, 2.24) is 0 Å². The van der Waals surface area contributed by atoms with E-state index in [0.29, 0.717) is 6.61 Å². The van der Waals surface area contributed by atoms with Crippen molar-refractivity contribution >= 4 is 0 Å². The lowest BCUT2D eigenvalue weighted by atomic mass is 9.75. The molecule has 3 aromatic carbocycles. The van der Waals surface area contributed by atoms with Gasteiger partial charge in [0.1, 0.15) is 17.2 Å². The molecule has 1 aliphatic heterocycles. The predicted molar refractivity (Wildman–Crippen MR) is 107 cm³/mol. The van der Waals surface area contributed by atoms with E-state index in [0.717, 1.165) is 22.6 Å². The Morgan fingerprint density at radius 3 is 2.22 bits per heavy atom. The quantitative estimate of drug-likeness (QED) is 0.686. The third-order valence-electron chi connectivity index (χ3n) is 5.53. The maximum atomic E-state index is 10.1. The topological polar surface area (TPSA) is 38.7 Å². The van der Waals surface area contributed by atoms with Crippen molar-refractivity contribution in [3.8, 4) is 17.2 Å². The van der Waals surface area contributed by atoms with Gasteiger partial charge in [0.15, 0.2) is 0 Å². The molecule has 1 aliphatic rings. The van der Waals surface area contributed by atoms with Gasteiger partial charge < -0.3 is 14.6 Å². The van der Waals surface area contributed by atoms with E-state index < -0.39 is 0 Å². The van der Waals surface area contributed by atoms with E-state index in [1.54, 1.807) is 13.2 Å². The molecule has 0 amide bonds. The molecule has 0 saturated carbocycles. The molecule has 3 nitrogen and oxygen atoms in total. The minimum absolute atomic E-state index is 0.154. The van der Waals surface area contributed by atoms with Crippen molar-refractivity contribution in [2.45, 2.75) is 25.7 Å². The van der Waals surface area contributed by atoms with Crippen LogP contribution in [0.25, 0.3) is 0 Å². The molecule has 2 atom stereocenters. The van der Waals surface area contributed by atoms with E-state index in [9.17, 15) is 5.11 Å². The summed E-state index contributed by atoms with van der Waals surface area (Å²) in [5, 5.41) is 10.1. The first-order chi connectivity index (χ1) is 13.1. The number of phenols is 1. The van der Waals surface area contributed by atoms with Crippen LogP contribution >= 0.6 is 0 Å². The molecule has 27 heavy (non-hydrogen) atoms. The number of hydrogen-bond acceptors (Lipinski definition) is 3. The zero-order chi connectivity index (χ0) is 19.0. The molecule has 3 heteroatoms. The van der Waals surface area contributed by atoms with Gasteiger partial charge in [-0.05, 0) is 43.2 Å². The number of aryl methyl sites for hydroxylation is 1. The molecule has 0 fully saturated rings. The second kappa shape index (κ2) is 6.99. The van der Waals surface area contributed by atoms with Gasteiger partial charge in [-0.3, -0.25) is 0 Å². The van der Waals surface area contributed by atoms with Gasteiger partial charge in [0.2, 0.25) is 0 Å². The number of hydrogen-bond donors (Lipinski definition) is 1. The van der Waals surface area contributed by atoms with Crippen LogP contribution < -0.4 is 9.47 Å². The second-order valence-corrected chi connectivity index (χ2v) is 7.21. The van der Waals surface area contributed by atoms with Gasteiger partial charge in [-0.1, -0.05) is 48.0 Å². The highest BCUT2D eigenvalue weighted by molar-refractivity contribution is 5.55. The normalized spacial score (nSPS) is 18.5. The average molecular weight is 360 g/mol. The molecule has 1 heterocycles. The molecule has 0 aliphatic carbocycles. The fourth-order valence-electron chi connectivity index (χ4n) is 3.95. The Kier molecular flexibility index (Phi) is 4.53. The molecule has 0 bridgehead atoms. The Morgan fingerprint density at radius 2 is 1.56 bits per heavy atom. The Balaban J connectivity index is 1.85. The van der Waals surface area contributed by atoms with Crippen LogP contribution in [0.3, 0.4) is 0 Å². The van der Waals surface area contributed by atoms with E-state index in [2.05, 4.69) is 43.3 Å². The van der Waals surface area contributed by atoms with Gasteiger partial charge in [-0.2, -0.15) is 0 Å². The molecule has 0 aromatic heterocycles. The summed E-state index contributed by atoms with van der Waals surface area (Å²) in [7, 11) is 1.68. The highest BCUT2D eigenvalue weighted by Crippen LogP contribution is 2.48. The summed E-state index contributed by atoms with van der Waals surface area (Å²) in [5.41, 5.74) is 5.65. The monoisotopic (exact) mass is 360 g/mol. The van der Waals surface area contributed by atoms with Crippen LogP contribution in [0.15, 0.2) is 60.7 Å². The van der Waals surface area contributed by atoms with Crippen molar-refractivity contribution in [1.29, 1.82) is 0 Å². The molecule has 0 spiro atoms. The van der Waals surface area contributed by atoms with Gasteiger partial charge in [-0.25, -0.2) is 0 Å². The molecule has 4 rings (SSSR count). The molecule has 0 saturated heterocycles. The zero-order valence-electron chi connectivity index (χ0n) is 15.9. The summed E-state index contributed by atoms with van der Waals surface area (Å²) in [6.45, 7) is 4.59. The number of phenolic OH excluding ortho intramolecular Hbond substituents is 1. The van der Waals surface area contributed by atoms with Gasteiger partial charge in [0.25, 0.3) is 0 Å². The van der Waals surface area contributed by atoms with E-state index in [-0.39, 0.29) is 17.6 Å². The number of rotatable bonds is 3. The second-order valence-electron chi connectivity index (χ2n) is 7.21. The van der Waals surface area contributed by atoms with Gasteiger partial charge in [-0.15, -0.1) is 0 Å². The molecular weight excluding hydrogens is 336 g/mol. The van der Waals surface area contributed by atoms with E-state index >= 15 is 0 Å². The van der Waals surface area contributed by atoms with Crippen molar-refractivity contribution in [2.24, 2.45) is 0 Å². The lowest BCUT2D eigenvalue weighted by molar-refractivity contribution is 0.245. The molecular formula is C24H24O3. The fourth-order valence-corrected chi connectivity index (χ4v) is 3.95. The van der Waals surface area contributed by atoms with Crippen LogP contribution in [0, 0.1) is 13.8 Å². The SMILES string of the molecule is COc1ccc(C2c3ccc(O)c(C)c3OCC2c2ccc(C)cc2)cc1. The minimum Gasteiger partial charge on any atom is -0.508 e. The third-order valence-corrected chi connectivity index (χ3v) is 5.53. The zero-order valence-corrected chi connectivity index (χ0v) is 15.9. The fraction of sp³-hybridized carbons (Fsp3) is 0.250. The summed E-state index contributed by atoms with van der Waals surface area (Å²) in [4.78, 5) is 0. The predicted octanol–water partition coefficient (Wildman–Crippen LogP) is 5.33. The van der Waals surface area contributed by atoms with Crippen LogP contribution in [-0.4, -0.2) is 18.8 Å². The lowest BCUT2D eigenvalue weighted by Gasteiger charge is -2.35. The van der Waals surface area contributed by atoms with Crippen molar-refractivity contribution in [2.75, 3.05) is 13.7 Å². The van der Waals surface area contributed by atoms with Crippen molar-refractivity contribution in [3.05, 3.63) is 88.5 Å². The highest BCUT2D eigenvalue weighted by atomic mass is 16.5. The summed E-state index contributed by atoms with van der Waals surface area (Å²) in [5.74, 6) is 2.28. The maximum absolute atomic E-state index is 10.1. The largest absolute Gasteiger partial charge is 0.508 e. The Hall–Kier alpha value is -2.94. The first-order valence-corrected chi connectivity index (χ1v) is 9.24. The van der Waals surface area contributed by atoms with Crippen LogP contribution in [0.4, 0.5) is 0 Å². The van der Waals surface area contributed by atoms with Crippen LogP contribution in [-0.2, 0) is 0 Å². The molecule has 3 aromatic rings. The Labute approximate surface area is 160 Å². The third kappa shape index (κ3) is 3.14. The summed E-state index contributed by atoms with van der Waals surface area (Å²) in [6.07, 6.45) is 0. The van der Waals surface area contributed by atoms with E-state index in [1.165, 1.54) is 16.7 Å². The van der Waals surface area contributed by atoms with Crippen LogP contribution in [0.2, 0.25) is 0 Å². The molecule has 2 unspecified atom stereocenters. The first kappa shape index (κ1) is 17.5. The summed E-state index contributed by atoms with van der Waals surface area (Å²) in [6, 6.07) is 20.7. The number of methoxy groups -OCH3 is 1. The smallest absolute Gasteiger partial charge is 0.129 e.